The van der Waals surface area contributed by atoms with Crippen molar-refractivity contribution in [2.45, 2.75) is 51.2 Å². The van der Waals surface area contributed by atoms with E-state index in [0.717, 1.165) is 5.56 Å². The highest BCUT2D eigenvalue weighted by Gasteiger charge is 2.42. The lowest BCUT2D eigenvalue weighted by atomic mass is 9.78. The van der Waals surface area contributed by atoms with Crippen LogP contribution in [0.1, 0.15) is 62.3 Å². The summed E-state index contributed by atoms with van der Waals surface area (Å²) in [4.78, 5) is 11.9. The van der Waals surface area contributed by atoms with Gasteiger partial charge in [-0.05, 0) is 69.2 Å². The molecule has 4 rings (SSSR count). The molecule has 1 aliphatic rings. The van der Waals surface area contributed by atoms with Crippen LogP contribution in [-0.4, -0.2) is 30.9 Å². The first-order valence-electron chi connectivity index (χ1n) is 12.2. The van der Waals surface area contributed by atoms with Gasteiger partial charge in [-0.3, -0.25) is 4.79 Å². The Labute approximate surface area is 218 Å². The molecule has 3 aromatic rings. The molecule has 0 saturated carbocycles. The minimum Gasteiger partial charge on any atom is -0.497 e. The summed E-state index contributed by atoms with van der Waals surface area (Å²) < 4.78 is 22.3. The van der Waals surface area contributed by atoms with E-state index >= 15 is 0 Å². The van der Waals surface area contributed by atoms with Crippen LogP contribution in [0.15, 0.2) is 60.7 Å². The van der Waals surface area contributed by atoms with Gasteiger partial charge in [0, 0.05) is 35.6 Å². The summed E-state index contributed by atoms with van der Waals surface area (Å²) in [5, 5.41) is 12.2. The largest absolute Gasteiger partial charge is 0.497 e. The molecule has 1 unspecified atom stereocenters. The topological polar surface area (TPSA) is 74.2 Å². The number of unbranched alkanes of at least 4 members (excludes halogenated alkanes) is 1. The molecule has 0 aromatic heterocycles. The molecule has 0 fully saturated rings. The van der Waals surface area contributed by atoms with E-state index in [0.29, 0.717) is 59.0 Å². The van der Waals surface area contributed by atoms with E-state index in [1.54, 1.807) is 26.4 Å². The molecule has 6 nitrogen and oxygen atoms in total. The molecule has 0 bridgehead atoms. The molecule has 6 heteroatoms. The SMILES string of the molecule is COc1ccc(C2(O)c3ccc(C#CCCCC(=O)OC(C)(C)C)cc3Oc3cc(OC)ccc32)cc1. The Morgan fingerprint density at radius 3 is 2.19 bits per heavy atom. The van der Waals surface area contributed by atoms with Gasteiger partial charge in [-0.1, -0.05) is 30.0 Å². The van der Waals surface area contributed by atoms with Gasteiger partial charge in [0.25, 0.3) is 0 Å². The maximum Gasteiger partial charge on any atom is 0.306 e. The lowest BCUT2D eigenvalue weighted by Gasteiger charge is -2.36. The van der Waals surface area contributed by atoms with Gasteiger partial charge < -0.3 is 24.1 Å². The zero-order chi connectivity index (χ0) is 26.6. The summed E-state index contributed by atoms with van der Waals surface area (Å²) >= 11 is 0. The van der Waals surface area contributed by atoms with E-state index in [1.807, 2.05) is 69.3 Å². The Morgan fingerprint density at radius 1 is 0.919 bits per heavy atom. The molecule has 0 aliphatic carbocycles. The van der Waals surface area contributed by atoms with Crippen LogP contribution < -0.4 is 14.2 Å². The van der Waals surface area contributed by atoms with Crippen LogP contribution in [0, 0.1) is 11.8 Å². The van der Waals surface area contributed by atoms with Crippen LogP contribution >= 0.6 is 0 Å². The fraction of sp³-hybridized carbons (Fsp3) is 0.323. The van der Waals surface area contributed by atoms with Crippen molar-refractivity contribution in [1.29, 1.82) is 0 Å². The first-order valence-corrected chi connectivity index (χ1v) is 12.2. The van der Waals surface area contributed by atoms with E-state index in [9.17, 15) is 9.90 Å². The second kappa shape index (κ2) is 10.6. The fourth-order valence-electron chi connectivity index (χ4n) is 4.28. The number of hydrogen-bond donors (Lipinski definition) is 1. The molecule has 1 N–H and O–H groups in total. The highest BCUT2D eigenvalue weighted by Crippen LogP contribution is 2.51. The van der Waals surface area contributed by atoms with Crippen LogP contribution in [0.5, 0.6) is 23.0 Å². The van der Waals surface area contributed by atoms with Crippen molar-refractivity contribution in [3.8, 4) is 34.8 Å². The van der Waals surface area contributed by atoms with Gasteiger partial charge in [0.15, 0.2) is 0 Å². The number of aliphatic hydroxyl groups is 1. The van der Waals surface area contributed by atoms with E-state index in [1.165, 1.54) is 0 Å². The van der Waals surface area contributed by atoms with Crippen molar-refractivity contribution in [3.63, 3.8) is 0 Å². The Bertz CT molecular complexity index is 1340. The molecule has 1 heterocycles. The van der Waals surface area contributed by atoms with Crippen LogP contribution in [-0.2, 0) is 15.1 Å². The summed E-state index contributed by atoms with van der Waals surface area (Å²) in [5.74, 6) is 8.39. The summed E-state index contributed by atoms with van der Waals surface area (Å²) in [5.41, 5.74) is 0.741. The minimum atomic E-state index is -1.44. The van der Waals surface area contributed by atoms with Crippen molar-refractivity contribution < 1.29 is 28.8 Å². The van der Waals surface area contributed by atoms with E-state index in [2.05, 4.69) is 11.8 Å². The van der Waals surface area contributed by atoms with Gasteiger partial charge in [0.2, 0.25) is 0 Å². The second-order valence-electron chi connectivity index (χ2n) is 9.86. The van der Waals surface area contributed by atoms with Crippen molar-refractivity contribution in [2.24, 2.45) is 0 Å². The van der Waals surface area contributed by atoms with Gasteiger partial charge in [0.05, 0.1) is 14.2 Å². The number of hydrogen-bond acceptors (Lipinski definition) is 6. The highest BCUT2D eigenvalue weighted by atomic mass is 16.6. The van der Waals surface area contributed by atoms with Crippen LogP contribution in [0.25, 0.3) is 0 Å². The third-order valence-corrected chi connectivity index (χ3v) is 6.01. The quantitative estimate of drug-likeness (QED) is 0.256. The number of methoxy groups -OCH3 is 2. The first kappa shape index (κ1) is 26.1. The number of esters is 1. The van der Waals surface area contributed by atoms with E-state index in [4.69, 9.17) is 18.9 Å². The molecular weight excluding hydrogens is 468 g/mol. The number of ether oxygens (including phenoxy) is 4. The summed E-state index contributed by atoms with van der Waals surface area (Å²) in [7, 11) is 3.19. The predicted octanol–water partition coefficient (Wildman–Crippen LogP) is 5.96. The Kier molecular flexibility index (Phi) is 7.47. The molecular formula is C31H32O6. The minimum absolute atomic E-state index is 0.219. The molecule has 1 atom stereocenters. The average Bonchev–Trinajstić information content (AvgIpc) is 2.87. The summed E-state index contributed by atoms with van der Waals surface area (Å²) in [6, 6.07) is 18.3. The third kappa shape index (κ3) is 5.73. The number of carbonyl (C=O) groups excluding carboxylic acids is 1. The monoisotopic (exact) mass is 500 g/mol. The first-order chi connectivity index (χ1) is 17.6. The van der Waals surface area contributed by atoms with Gasteiger partial charge in [0.1, 0.15) is 34.2 Å². The lowest BCUT2D eigenvalue weighted by Crippen LogP contribution is -2.32. The normalized spacial score (nSPS) is 15.8. The van der Waals surface area contributed by atoms with E-state index in [-0.39, 0.29) is 5.97 Å². The van der Waals surface area contributed by atoms with Gasteiger partial charge >= 0.3 is 5.97 Å². The molecule has 0 amide bonds. The van der Waals surface area contributed by atoms with Crippen LogP contribution in [0.4, 0.5) is 0 Å². The van der Waals surface area contributed by atoms with Crippen LogP contribution in [0.2, 0.25) is 0 Å². The molecule has 192 valence electrons. The zero-order valence-corrected chi connectivity index (χ0v) is 21.9. The fourth-order valence-corrected chi connectivity index (χ4v) is 4.28. The van der Waals surface area contributed by atoms with Gasteiger partial charge in [-0.15, -0.1) is 0 Å². The van der Waals surface area contributed by atoms with Crippen LogP contribution in [0.3, 0.4) is 0 Å². The number of carbonyl (C=O) groups is 1. The Balaban J connectivity index is 1.61. The van der Waals surface area contributed by atoms with Crippen molar-refractivity contribution >= 4 is 5.97 Å². The molecule has 0 spiro atoms. The smallest absolute Gasteiger partial charge is 0.306 e. The standard InChI is InChI=1S/C31H32O6/c1-30(2,3)37-29(32)10-8-6-7-9-21-11-17-25-27(19-21)36-28-20-24(35-5)16-18-26(28)31(25,33)22-12-14-23(34-4)15-13-22/h11-20,33H,6,8,10H2,1-5H3. The summed E-state index contributed by atoms with van der Waals surface area (Å²) in [6.45, 7) is 5.56. The third-order valence-electron chi connectivity index (χ3n) is 6.01. The molecule has 37 heavy (non-hydrogen) atoms. The maximum absolute atomic E-state index is 12.2. The van der Waals surface area contributed by atoms with E-state index < -0.39 is 11.2 Å². The number of rotatable bonds is 6. The number of fused-ring (bicyclic) bond motifs is 2. The Hall–Kier alpha value is -3.95. The maximum atomic E-state index is 12.2. The average molecular weight is 501 g/mol. The molecule has 1 aliphatic heterocycles. The number of benzene rings is 3. The Morgan fingerprint density at radius 2 is 1.54 bits per heavy atom. The van der Waals surface area contributed by atoms with Crippen molar-refractivity contribution in [1.82, 2.24) is 0 Å². The lowest BCUT2D eigenvalue weighted by molar-refractivity contribution is -0.154. The van der Waals surface area contributed by atoms with Gasteiger partial charge in [-0.2, -0.15) is 0 Å². The van der Waals surface area contributed by atoms with Crippen molar-refractivity contribution in [3.05, 3.63) is 82.9 Å². The molecule has 0 radical (unpaired) electrons. The summed E-state index contributed by atoms with van der Waals surface area (Å²) in [6.07, 6.45) is 1.51. The molecule has 3 aromatic carbocycles. The molecule has 0 saturated heterocycles. The van der Waals surface area contributed by atoms with Crippen molar-refractivity contribution in [2.75, 3.05) is 14.2 Å². The predicted molar refractivity (Wildman–Crippen MR) is 141 cm³/mol. The second-order valence-corrected chi connectivity index (χ2v) is 9.86. The zero-order valence-electron chi connectivity index (χ0n) is 21.9. The van der Waals surface area contributed by atoms with Gasteiger partial charge in [-0.25, -0.2) is 0 Å². The highest BCUT2D eigenvalue weighted by molar-refractivity contribution is 5.69.